The molecular weight excluding hydrogens is 218 g/mol. The maximum atomic E-state index is 11.3. The summed E-state index contributed by atoms with van der Waals surface area (Å²) in [4.78, 5) is 13.3. The predicted octanol–water partition coefficient (Wildman–Crippen LogP) is 0.666. The summed E-state index contributed by atoms with van der Waals surface area (Å²) in [7, 11) is 3.85. The van der Waals surface area contributed by atoms with E-state index in [1.807, 2.05) is 42.0 Å². The minimum absolute atomic E-state index is 0.267. The lowest BCUT2D eigenvalue weighted by atomic mass is 10.2. The summed E-state index contributed by atoms with van der Waals surface area (Å²) in [5.41, 5.74) is 0.998. The molecule has 1 saturated heterocycles. The highest BCUT2D eigenvalue weighted by Crippen LogP contribution is 2.30. The Morgan fingerprint density at radius 2 is 2.35 bits per heavy atom. The molecule has 0 radical (unpaired) electrons. The first kappa shape index (κ1) is 12.0. The van der Waals surface area contributed by atoms with Crippen molar-refractivity contribution in [2.45, 2.75) is 24.9 Å². The fourth-order valence-corrected chi connectivity index (χ4v) is 2.59. The fraction of sp³-hybridized carbons (Fsp3) is 0.583. The van der Waals surface area contributed by atoms with Crippen molar-refractivity contribution in [3.63, 3.8) is 0 Å². The maximum Gasteiger partial charge on any atom is 0.326 e. The normalized spacial score (nSPS) is 24.2. The molecule has 1 aliphatic heterocycles. The van der Waals surface area contributed by atoms with Crippen LogP contribution < -0.4 is 10.2 Å². The van der Waals surface area contributed by atoms with E-state index < -0.39 is 12.0 Å². The van der Waals surface area contributed by atoms with Crippen LogP contribution >= 0.6 is 0 Å². The molecule has 2 unspecified atom stereocenters. The van der Waals surface area contributed by atoms with E-state index in [0.717, 1.165) is 25.1 Å². The van der Waals surface area contributed by atoms with Crippen LogP contribution in [0, 0.1) is 0 Å². The first-order valence-corrected chi connectivity index (χ1v) is 5.91. The Morgan fingerprint density at radius 3 is 2.88 bits per heavy atom. The van der Waals surface area contributed by atoms with Crippen LogP contribution in [-0.4, -0.2) is 41.3 Å². The van der Waals surface area contributed by atoms with Gasteiger partial charge in [0.05, 0.1) is 5.69 Å². The zero-order chi connectivity index (χ0) is 12.4. The van der Waals surface area contributed by atoms with Crippen LogP contribution in [0.2, 0.25) is 0 Å². The largest absolute Gasteiger partial charge is 0.480 e. The van der Waals surface area contributed by atoms with E-state index in [1.54, 1.807) is 0 Å². The Kier molecular flexibility index (Phi) is 3.38. The quantitative estimate of drug-likeness (QED) is 0.808. The third kappa shape index (κ3) is 2.29. The van der Waals surface area contributed by atoms with Gasteiger partial charge in [-0.05, 0) is 26.0 Å². The molecule has 0 amide bonds. The summed E-state index contributed by atoms with van der Waals surface area (Å²) >= 11 is 0. The summed E-state index contributed by atoms with van der Waals surface area (Å²) in [6.45, 7) is 0.818. The first-order valence-electron chi connectivity index (χ1n) is 5.91. The molecule has 0 saturated carbocycles. The summed E-state index contributed by atoms with van der Waals surface area (Å²) in [5.74, 6) is -0.729. The molecule has 0 bridgehead atoms. The molecular formula is C12H19N3O2. The number of nitrogens with zero attached hydrogens (tertiary/aromatic N) is 2. The summed E-state index contributed by atoms with van der Waals surface area (Å²) in [6, 6.07) is 1.85. The zero-order valence-electron chi connectivity index (χ0n) is 10.3. The number of carbonyl (C=O) groups is 1. The third-order valence-corrected chi connectivity index (χ3v) is 3.34. The number of hydrogen-bond acceptors (Lipinski definition) is 3. The Morgan fingerprint density at radius 1 is 1.59 bits per heavy atom. The average Bonchev–Trinajstić information content (AvgIpc) is 2.84. The van der Waals surface area contributed by atoms with E-state index in [9.17, 15) is 9.90 Å². The number of likely N-dealkylation sites (N-methyl/N-ethyl adjacent to an activating group) is 1. The van der Waals surface area contributed by atoms with E-state index >= 15 is 0 Å². The van der Waals surface area contributed by atoms with Gasteiger partial charge in [-0.15, -0.1) is 0 Å². The predicted molar refractivity (Wildman–Crippen MR) is 66.3 cm³/mol. The van der Waals surface area contributed by atoms with Crippen LogP contribution in [0.25, 0.3) is 0 Å². The van der Waals surface area contributed by atoms with Crippen molar-refractivity contribution in [1.82, 2.24) is 9.88 Å². The van der Waals surface area contributed by atoms with Gasteiger partial charge in [0.15, 0.2) is 0 Å². The third-order valence-electron chi connectivity index (χ3n) is 3.34. The molecule has 5 heteroatoms. The highest BCUT2D eigenvalue weighted by molar-refractivity contribution is 5.79. The van der Waals surface area contributed by atoms with Gasteiger partial charge in [-0.1, -0.05) is 0 Å². The summed E-state index contributed by atoms with van der Waals surface area (Å²) in [6.07, 6.45) is 5.57. The molecule has 1 fully saturated rings. The molecule has 17 heavy (non-hydrogen) atoms. The van der Waals surface area contributed by atoms with Crippen LogP contribution in [0.4, 0.5) is 5.69 Å². The average molecular weight is 237 g/mol. The number of carboxylic acid groups (broad SMARTS) is 1. The molecule has 1 aromatic rings. The number of aliphatic carboxylic acids is 1. The number of nitrogens with one attached hydrogen (secondary N) is 1. The highest BCUT2D eigenvalue weighted by atomic mass is 16.4. The molecule has 5 nitrogen and oxygen atoms in total. The lowest BCUT2D eigenvalue weighted by Gasteiger charge is -2.29. The molecule has 2 N–H and O–H groups in total. The molecule has 1 aromatic heterocycles. The summed E-state index contributed by atoms with van der Waals surface area (Å²) < 4.78 is 1.95. The molecule has 2 atom stereocenters. The van der Waals surface area contributed by atoms with Crippen molar-refractivity contribution in [3.05, 3.63) is 18.5 Å². The molecule has 0 aromatic carbocycles. The first-order chi connectivity index (χ1) is 8.13. The number of carboxylic acids is 1. The second-order valence-electron chi connectivity index (χ2n) is 4.59. The van der Waals surface area contributed by atoms with Crippen molar-refractivity contribution < 1.29 is 9.90 Å². The van der Waals surface area contributed by atoms with Gasteiger partial charge >= 0.3 is 5.97 Å². The minimum atomic E-state index is -0.729. The SMILES string of the molecule is CNCC1CCC(C(=O)O)N1c1ccn(C)c1. The second-order valence-corrected chi connectivity index (χ2v) is 4.59. The van der Waals surface area contributed by atoms with Gasteiger partial charge in [0, 0.05) is 32.0 Å². The van der Waals surface area contributed by atoms with Crippen molar-refractivity contribution in [2.75, 3.05) is 18.5 Å². The van der Waals surface area contributed by atoms with Gasteiger partial charge in [-0.3, -0.25) is 0 Å². The van der Waals surface area contributed by atoms with Crippen LogP contribution in [0.15, 0.2) is 18.5 Å². The highest BCUT2D eigenvalue weighted by Gasteiger charge is 2.37. The monoisotopic (exact) mass is 237 g/mol. The Labute approximate surface area is 101 Å². The van der Waals surface area contributed by atoms with Gasteiger partial charge in [0.1, 0.15) is 6.04 Å². The van der Waals surface area contributed by atoms with Crippen LogP contribution in [0.3, 0.4) is 0 Å². The Balaban J connectivity index is 2.25. The number of hydrogen-bond donors (Lipinski definition) is 2. The van der Waals surface area contributed by atoms with E-state index in [-0.39, 0.29) is 6.04 Å². The lowest BCUT2D eigenvalue weighted by molar-refractivity contribution is -0.138. The van der Waals surface area contributed by atoms with Crippen LogP contribution in [0.5, 0.6) is 0 Å². The molecule has 0 spiro atoms. The van der Waals surface area contributed by atoms with Crippen LogP contribution in [0.1, 0.15) is 12.8 Å². The molecule has 1 aliphatic rings. The van der Waals surface area contributed by atoms with Gasteiger partial charge in [0.25, 0.3) is 0 Å². The van der Waals surface area contributed by atoms with Crippen LogP contribution in [-0.2, 0) is 11.8 Å². The van der Waals surface area contributed by atoms with Crippen molar-refractivity contribution in [3.8, 4) is 0 Å². The maximum absolute atomic E-state index is 11.3. The standard InChI is InChI=1S/C12H19N3O2/c1-13-7-9-3-4-11(12(16)17)15(9)10-5-6-14(2)8-10/h5-6,8-9,11,13H,3-4,7H2,1-2H3,(H,16,17). The number of aromatic nitrogens is 1. The lowest BCUT2D eigenvalue weighted by Crippen LogP contribution is -2.44. The number of aryl methyl sites for hydroxylation is 1. The van der Waals surface area contributed by atoms with Gasteiger partial charge in [-0.25, -0.2) is 4.79 Å². The topological polar surface area (TPSA) is 57.5 Å². The molecule has 0 aliphatic carbocycles. The van der Waals surface area contributed by atoms with E-state index in [0.29, 0.717) is 0 Å². The van der Waals surface area contributed by atoms with E-state index in [2.05, 4.69) is 5.32 Å². The molecule has 2 rings (SSSR count). The summed E-state index contributed by atoms with van der Waals surface area (Å²) in [5, 5.41) is 12.4. The van der Waals surface area contributed by atoms with Gasteiger partial charge < -0.3 is 19.9 Å². The zero-order valence-corrected chi connectivity index (χ0v) is 10.3. The van der Waals surface area contributed by atoms with Crippen molar-refractivity contribution in [1.29, 1.82) is 0 Å². The van der Waals surface area contributed by atoms with E-state index in [1.165, 1.54) is 0 Å². The second kappa shape index (κ2) is 4.79. The fourth-order valence-electron chi connectivity index (χ4n) is 2.59. The minimum Gasteiger partial charge on any atom is -0.480 e. The van der Waals surface area contributed by atoms with Gasteiger partial charge in [-0.2, -0.15) is 0 Å². The molecule has 2 heterocycles. The van der Waals surface area contributed by atoms with Crippen molar-refractivity contribution >= 4 is 11.7 Å². The number of anilines is 1. The molecule has 94 valence electrons. The van der Waals surface area contributed by atoms with E-state index in [4.69, 9.17) is 0 Å². The smallest absolute Gasteiger partial charge is 0.326 e. The van der Waals surface area contributed by atoms with Gasteiger partial charge in [0.2, 0.25) is 0 Å². The Hall–Kier alpha value is -1.49. The number of rotatable bonds is 4. The Bertz CT molecular complexity index is 402. The van der Waals surface area contributed by atoms with Crippen molar-refractivity contribution in [2.24, 2.45) is 7.05 Å².